The van der Waals surface area contributed by atoms with Crippen LogP contribution in [0.15, 0.2) is 60.7 Å². The lowest BCUT2D eigenvalue weighted by atomic mass is 10.2. The van der Waals surface area contributed by atoms with Gasteiger partial charge in [0.25, 0.3) is 0 Å². The second kappa shape index (κ2) is 12.2. The van der Waals surface area contributed by atoms with Gasteiger partial charge in [0, 0.05) is 12.2 Å². The van der Waals surface area contributed by atoms with Crippen LogP contribution in [0.5, 0.6) is 11.5 Å². The number of hydrogen-bond acceptors (Lipinski definition) is 8. The molecule has 2 atom stereocenters. The first kappa shape index (κ1) is 26.0. The molecule has 8 nitrogen and oxygen atoms in total. The molecule has 0 aliphatic carbocycles. The van der Waals surface area contributed by atoms with E-state index in [0.717, 1.165) is 11.1 Å². The molecule has 1 heterocycles. The highest BCUT2D eigenvalue weighted by Crippen LogP contribution is 2.29. The molecule has 0 radical (unpaired) electrons. The van der Waals surface area contributed by atoms with Gasteiger partial charge in [-0.1, -0.05) is 24.3 Å². The van der Waals surface area contributed by atoms with Gasteiger partial charge in [0.1, 0.15) is 36.9 Å². The summed E-state index contributed by atoms with van der Waals surface area (Å²) in [4.78, 5) is 22.4. The predicted molar refractivity (Wildman–Crippen MR) is 130 cm³/mol. The molecule has 0 amide bonds. The van der Waals surface area contributed by atoms with Crippen molar-refractivity contribution in [1.29, 1.82) is 0 Å². The second-order valence-corrected chi connectivity index (χ2v) is 8.19. The third-order valence-electron chi connectivity index (χ3n) is 5.10. The van der Waals surface area contributed by atoms with Gasteiger partial charge in [-0.25, -0.2) is 9.59 Å². The molecule has 0 spiro atoms. The van der Waals surface area contributed by atoms with Gasteiger partial charge in [-0.05, 0) is 61.4 Å². The van der Waals surface area contributed by atoms with Crippen LogP contribution in [0.2, 0.25) is 0 Å². The van der Waals surface area contributed by atoms with Crippen molar-refractivity contribution >= 4 is 24.1 Å². The molecule has 1 aliphatic heterocycles. The number of methoxy groups -OCH3 is 2. The fourth-order valence-corrected chi connectivity index (χ4v) is 3.36. The van der Waals surface area contributed by atoms with Crippen molar-refractivity contribution in [3.05, 3.63) is 71.8 Å². The SMILES string of the molecule is COC(=O)/C=C/c1ccc(OC[C@@H]2OC(C)(C)O[C@H]2COc2ccc(/C=C/C(=O)OC)cc2)cc1. The van der Waals surface area contributed by atoms with E-state index in [-0.39, 0.29) is 25.4 Å². The first-order chi connectivity index (χ1) is 16.8. The van der Waals surface area contributed by atoms with Crippen LogP contribution in [0.1, 0.15) is 25.0 Å². The first-order valence-electron chi connectivity index (χ1n) is 11.1. The summed E-state index contributed by atoms with van der Waals surface area (Å²) < 4.78 is 33.0. The third-order valence-corrected chi connectivity index (χ3v) is 5.10. The van der Waals surface area contributed by atoms with Crippen LogP contribution in [0.3, 0.4) is 0 Å². The van der Waals surface area contributed by atoms with E-state index in [9.17, 15) is 9.59 Å². The van der Waals surface area contributed by atoms with E-state index in [1.165, 1.54) is 26.4 Å². The number of carbonyl (C=O) groups excluding carboxylic acids is 2. The Balaban J connectivity index is 1.53. The van der Waals surface area contributed by atoms with E-state index in [1.54, 1.807) is 12.2 Å². The molecule has 1 saturated heterocycles. The summed E-state index contributed by atoms with van der Waals surface area (Å²) in [5, 5.41) is 0. The molecule has 0 aromatic heterocycles. The minimum atomic E-state index is -0.757. The Bertz CT molecular complexity index is 954. The quantitative estimate of drug-likeness (QED) is 0.370. The Morgan fingerprint density at radius 3 is 1.46 bits per heavy atom. The first-order valence-corrected chi connectivity index (χ1v) is 11.1. The Morgan fingerprint density at radius 2 is 1.11 bits per heavy atom. The largest absolute Gasteiger partial charge is 0.491 e. The Labute approximate surface area is 205 Å². The van der Waals surface area contributed by atoms with E-state index >= 15 is 0 Å². The summed E-state index contributed by atoms with van der Waals surface area (Å²) in [6.45, 7) is 4.27. The summed E-state index contributed by atoms with van der Waals surface area (Å²) >= 11 is 0. The summed E-state index contributed by atoms with van der Waals surface area (Å²) in [5.41, 5.74) is 1.70. The third kappa shape index (κ3) is 8.27. The molecule has 0 bridgehead atoms. The summed E-state index contributed by atoms with van der Waals surface area (Å²) in [6, 6.07) is 14.6. The number of ether oxygens (including phenoxy) is 6. The van der Waals surface area contributed by atoms with Crippen LogP contribution in [-0.2, 0) is 28.5 Å². The van der Waals surface area contributed by atoms with Crippen molar-refractivity contribution in [2.45, 2.75) is 31.8 Å². The number of benzene rings is 2. The predicted octanol–water partition coefficient (Wildman–Crippen LogP) is 4.04. The topological polar surface area (TPSA) is 89.5 Å². The average Bonchev–Trinajstić information content (AvgIpc) is 3.17. The Kier molecular flexibility index (Phi) is 9.05. The summed E-state index contributed by atoms with van der Waals surface area (Å²) in [5.74, 6) is -0.239. The van der Waals surface area contributed by atoms with Gasteiger partial charge in [0.05, 0.1) is 14.2 Å². The van der Waals surface area contributed by atoms with Gasteiger partial charge in [-0.3, -0.25) is 0 Å². The van der Waals surface area contributed by atoms with Gasteiger partial charge in [0.2, 0.25) is 0 Å². The fraction of sp³-hybridized carbons (Fsp3) is 0.333. The van der Waals surface area contributed by atoms with Crippen molar-refractivity contribution in [3.63, 3.8) is 0 Å². The zero-order valence-corrected chi connectivity index (χ0v) is 20.3. The van der Waals surface area contributed by atoms with Crippen LogP contribution in [0.25, 0.3) is 12.2 Å². The molecular formula is C27H30O8. The zero-order chi connectivity index (χ0) is 25.3. The molecule has 186 valence electrons. The Hall–Kier alpha value is -3.62. The van der Waals surface area contributed by atoms with Crippen molar-refractivity contribution in [3.8, 4) is 11.5 Å². The van der Waals surface area contributed by atoms with E-state index < -0.39 is 17.7 Å². The standard InChI is InChI=1S/C27H30O8/c1-27(2)34-23(17-32-21-11-5-19(6-12-21)9-15-25(28)30-3)24(35-27)18-33-22-13-7-20(8-14-22)10-16-26(29)31-4/h5-16,23-24H,17-18H2,1-4H3/b15-9+,16-10+/t23-,24-/m0/s1. The van der Waals surface area contributed by atoms with Gasteiger partial charge in [-0.2, -0.15) is 0 Å². The maximum atomic E-state index is 11.2. The number of rotatable bonds is 10. The lowest BCUT2D eigenvalue weighted by molar-refractivity contribution is -0.150. The molecule has 2 aromatic carbocycles. The molecular weight excluding hydrogens is 452 g/mol. The molecule has 1 fully saturated rings. The molecule has 1 aliphatic rings. The van der Waals surface area contributed by atoms with E-state index in [2.05, 4.69) is 9.47 Å². The van der Waals surface area contributed by atoms with Gasteiger partial charge in [-0.15, -0.1) is 0 Å². The fourth-order valence-electron chi connectivity index (χ4n) is 3.36. The lowest BCUT2D eigenvalue weighted by Crippen LogP contribution is -2.33. The van der Waals surface area contributed by atoms with Gasteiger partial charge in [0.15, 0.2) is 5.79 Å². The van der Waals surface area contributed by atoms with E-state index in [0.29, 0.717) is 11.5 Å². The average molecular weight is 483 g/mol. The van der Waals surface area contributed by atoms with Crippen molar-refractivity contribution in [2.75, 3.05) is 27.4 Å². The van der Waals surface area contributed by atoms with Crippen molar-refractivity contribution < 1.29 is 38.0 Å². The van der Waals surface area contributed by atoms with Crippen LogP contribution in [0, 0.1) is 0 Å². The monoisotopic (exact) mass is 482 g/mol. The van der Waals surface area contributed by atoms with Crippen LogP contribution < -0.4 is 9.47 Å². The van der Waals surface area contributed by atoms with Crippen molar-refractivity contribution in [1.82, 2.24) is 0 Å². The summed E-state index contributed by atoms with van der Waals surface area (Å²) in [7, 11) is 2.67. The van der Waals surface area contributed by atoms with Crippen LogP contribution in [0.4, 0.5) is 0 Å². The van der Waals surface area contributed by atoms with Gasteiger partial charge < -0.3 is 28.4 Å². The highest BCUT2D eigenvalue weighted by Gasteiger charge is 2.42. The highest BCUT2D eigenvalue weighted by molar-refractivity contribution is 5.87. The van der Waals surface area contributed by atoms with Crippen molar-refractivity contribution in [2.24, 2.45) is 0 Å². The van der Waals surface area contributed by atoms with Gasteiger partial charge >= 0.3 is 11.9 Å². The molecule has 2 aromatic rings. The molecule has 35 heavy (non-hydrogen) atoms. The second-order valence-electron chi connectivity index (χ2n) is 8.19. The lowest BCUT2D eigenvalue weighted by Gasteiger charge is -2.18. The molecule has 0 unspecified atom stereocenters. The van der Waals surface area contributed by atoms with Crippen LogP contribution in [-0.4, -0.2) is 57.4 Å². The summed E-state index contributed by atoms with van der Waals surface area (Å²) in [6.07, 6.45) is 5.40. The maximum Gasteiger partial charge on any atom is 0.330 e. The molecule has 8 heteroatoms. The number of hydrogen-bond donors (Lipinski definition) is 0. The molecule has 0 saturated carbocycles. The molecule has 3 rings (SSSR count). The maximum absolute atomic E-state index is 11.2. The number of esters is 2. The molecule has 0 N–H and O–H groups in total. The zero-order valence-electron chi connectivity index (χ0n) is 20.3. The number of carbonyl (C=O) groups is 2. The smallest absolute Gasteiger partial charge is 0.330 e. The van der Waals surface area contributed by atoms with E-state index in [4.69, 9.17) is 18.9 Å². The highest BCUT2D eigenvalue weighted by atomic mass is 16.8. The van der Waals surface area contributed by atoms with E-state index in [1.807, 2.05) is 62.4 Å². The van der Waals surface area contributed by atoms with Crippen LogP contribution >= 0.6 is 0 Å². The minimum absolute atomic E-state index is 0.284. The minimum Gasteiger partial charge on any atom is -0.491 e. The Morgan fingerprint density at radius 1 is 0.743 bits per heavy atom. The normalized spacial score (nSPS) is 19.1.